The van der Waals surface area contributed by atoms with Crippen LogP contribution in [0.1, 0.15) is 87.5 Å². The van der Waals surface area contributed by atoms with E-state index >= 15 is 4.79 Å². The van der Waals surface area contributed by atoms with Crippen molar-refractivity contribution >= 4 is 35.2 Å². The van der Waals surface area contributed by atoms with E-state index in [2.05, 4.69) is 15.4 Å². The number of aliphatic imine (C=N–C) groups is 1. The highest BCUT2D eigenvalue weighted by Crippen LogP contribution is 2.48. The maximum absolute atomic E-state index is 15.6. The predicted octanol–water partition coefficient (Wildman–Crippen LogP) is 9.44. The number of ketones is 1. The third kappa shape index (κ3) is 8.87. The number of pyridine rings is 1. The van der Waals surface area contributed by atoms with E-state index in [0.29, 0.717) is 48.8 Å². The number of rotatable bonds is 14. The van der Waals surface area contributed by atoms with Gasteiger partial charge in [0.05, 0.1) is 24.4 Å². The minimum Gasteiger partial charge on any atom is -0.463 e. The lowest BCUT2D eigenvalue weighted by Gasteiger charge is -2.35. The Kier molecular flexibility index (Phi) is 11.3. The van der Waals surface area contributed by atoms with Crippen molar-refractivity contribution in [2.24, 2.45) is 15.8 Å². The van der Waals surface area contributed by atoms with Gasteiger partial charge in [0.1, 0.15) is 18.7 Å². The van der Waals surface area contributed by atoms with Crippen molar-refractivity contribution < 1.29 is 27.9 Å². The monoisotopic (exact) mass is 806 g/mol. The number of nitrogens with one attached hydrogen (secondary N) is 1. The number of carbonyl (C=O) groups is 3. The minimum atomic E-state index is -2.79. The van der Waals surface area contributed by atoms with Gasteiger partial charge in [0, 0.05) is 34.1 Å². The molecule has 2 aromatic heterocycles. The van der Waals surface area contributed by atoms with E-state index in [1.165, 1.54) is 17.3 Å². The summed E-state index contributed by atoms with van der Waals surface area (Å²) >= 11 is 6.75. The lowest BCUT2D eigenvalue weighted by Crippen LogP contribution is -2.47. The number of hydrogen-bond acceptors (Lipinski definition) is 7. The van der Waals surface area contributed by atoms with Crippen LogP contribution in [-0.2, 0) is 19.9 Å². The van der Waals surface area contributed by atoms with E-state index in [0.717, 1.165) is 12.8 Å². The van der Waals surface area contributed by atoms with E-state index in [1.807, 2.05) is 52.0 Å². The second kappa shape index (κ2) is 16.2. The topological polar surface area (TPSA) is 119 Å². The Morgan fingerprint density at radius 3 is 2.34 bits per heavy atom. The van der Waals surface area contributed by atoms with Gasteiger partial charge in [-0.1, -0.05) is 106 Å². The Bertz CT molecular complexity index is 2320. The highest BCUT2D eigenvalue weighted by molar-refractivity contribution is 6.33. The molecule has 10 nitrogen and oxygen atoms in total. The van der Waals surface area contributed by atoms with Gasteiger partial charge in [-0.2, -0.15) is 13.9 Å². The van der Waals surface area contributed by atoms with Crippen LogP contribution in [0.3, 0.4) is 0 Å². The Labute approximate surface area is 341 Å². The van der Waals surface area contributed by atoms with Crippen LogP contribution in [0.2, 0.25) is 5.02 Å². The van der Waals surface area contributed by atoms with Gasteiger partial charge < -0.3 is 10.1 Å². The van der Waals surface area contributed by atoms with Gasteiger partial charge >= 0.3 is 12.5 Å². The molecule has 7 rings (SSSR count). The third-order valence-corrected chi connectivity index (χ3v) is 10.9. The Morgan fingerprint density at radius 2 is 1.71 bits per heavy atom. The molecule has 1 aliphatic heterocycles. The standard InChI is InChI=1S/C45H45ClF2N6O4/c1-43(2,3)28-45(33-16-13-29(14-17-33)32-24-51-53(26-32)41(47)48)40(57)54(42(52-45)50-25-38(55)30-10-6-5-7-11-30)37(27-58-39(56)23-44(4)19-20-44)31-15-18-35(46)34(22-31)36-12-8-9-21-49-36/h5-18,21-22,24,26,37,41H,19-20,23,25,27-28H2,1-4H3,(H,50,52)/t37-,45-/m1/s1. The number of carbonyl (C=O) groups excluding carboxylic acids is 3. The molecule has 1 N–H and O–H groups in total. The number of guanidine groups is 1. The van der Waals surface area contributed by atoms with Crippen LogP contribution in [0.25, 0.3) is 22.4 Å². The van der Waals surface area contributed by atoms with Gasteiger partial charge in [0.15, 0.2) is 5.78 Å². The molecule has 1 saturated heterocycles. The average molecular weight is 807 g/mol. The summed E-state index contributed by atoms with van der Waals surface area (Å²) in [5, 5.41) is 7.70. The molecule has 0 unspecified atom stereocenters. The van der Waals surface area contributed by atoms with Crippen molar-refractivity contribution in [2.45, 2.75) is 71.5 Å². The number of Topliss-reactive ketones (excluding diaryl/α,β-unsaturated/α-hetero) is 1. The first-order valence-corrected chi connectivity index (χ1v) is 19.6. The molecule has 3 aromatic carbocycles. The van der Waals surface area contributed by atoms with Crippen LogP contribution in [-0.4, -0.2) is 56.4 Å². The number of amides is 1. The summed E-state index contributed by atoms with van der Waals surface area (Å²) in [6, 6.07) is 25.8. The number of ether oxygens (including phenoxy) is 1. The third-order valence-electron chi connectivity index (χ3n) is 10.6. The van der Waals surface area contributed by atoms with E-state index in [9.17, 15) is 18.4 Å². The summed E-state index contributed by atoms with van der Waals surface area (Å²) < 4.78 is 33.3. The highest BCUT2D eigenvalue weighted by atomic mass is 35.5. The summed E-state index contributed by atoms with van der Waals surface area (Å²) in [6.07, 6.45) is 6.68. The summed E-state index contributed by atoms with van der Waals surface area (Å²) in [5.74, 6) is -0.886. The van der Waals surface area contributed by atoms with Crippen molar-refractivity contribution in [1.29, 1.82) is 0 Å². The number of esters is 1. The van der Waals surface area contributed by atoms with Crippen molar-refractivity contribution in [2.75, 3.05) is 13.2 Å². The minimum absolute atomic E-state index is 0.111. The Morgan fingerprint density at radius 1 is 0.983 bits per heavy atom. The molecule has 0 radical (unpaired) electrons. The zero-order chi connectivity index (χ0) is 41.2. The number of benzene rings is 3. The fourth-order valence-corrected chi connectivity index (χ4v) is 7.59. The predicted molar refractivity (Wildman–Crippen MR) is 218 cm³/mol. The second-order valence-electron chi connectivity index (χ2n) is 16.6. The second-order valence-corrected chi connectivity index (χ2v) is 17.0. The molecule has 2 fully saturated rings. The van der Waals surface area contributed by atoms with E-state index in [1.54, 1.807) is 72.9 Å². The molecule has 0 spiro atoms. The van der Waals surface area contributed by atoms with E-state index < -0.39 is 23.5 Å². The molecule has 2 aliphatic rings. The SMILES string of the molecule is CC(C)(C)C[C@]1(c2ccc(-c3cnn(C(F)F)c3)cc2)NC(=NCC(=O)c2ccccc2)N([C@H](COC(=O)CC2(C)CC2)c2ccc(Cl)c(-c3ccccn3)c2)C1=O. The van der Waals surface area contributed by atoms with Crippen molar-refractivity contribution in [1.82, 2.24) is 25.0 Å². The molecule has 3 heterocycles. The molecule has 1 saturated carbocycles. The molecule has 1 amide bonds. The van der Waals surface area contributed by atoms with Crippen LogP contribution in [0.5, 0.6) is 0 Å². The maximum atomic E-state index is 15.6. The normalized spacial score (nSPS) is 18.7. The first kappa shape index (κ1) is 40.4. The summed E-state index contributed by atoms with van der Waals surface area (Å²) in [6.45, 7) is 4.83. The fourth-order valence-electron chi connectivity index (χ4n) is 7.38. The van der Waals surface area contributed by atoms with Gasteiger partial charge in [-0.25, -0.2) is 9.67 Å². The van der Waals surface area contributed by atoms with Gasteiger partial charge in [-0.3, -0.25) is 24.3 Å². The summed E-state index contributed by atoms with van der Waals surface area (Å²) in [7, 11) is 0. The van der Waals surface area contributed by atoms with Crippen LogP contribution in [0, 0.1) is 10.8 Å². The smallest absolute Gasteiger partial charge is 0.333 e. The Hall–Kier alpha value is -5.75. The van der Waals surface area contributed by atoms with Crippen molar-refractivity contribution in [3.63, 3.8) is 0 Å². The number of hydrogen-bond donors (Lipinski definition) is 1. The van der Waals surface area contributed by atoms with Gasteiger partial charge in [-0.05, 0) is 71.0 Å². The molecular formula is C45H45ClF2N6O4. The first-order chi connectivity index (χ1) is 27.6. The number of nitrogens with zero attached hydrogens (tertiary/aromatic N) is 5. The van der Waals surface area contributed by atoms with Crippen molar-refractivity contribution in [3.05, 3.63) is 131 Å². The van der Waals surface area contributed by atoms with Crippen LogP contribution >= 0.6 is 11.6 Å². The van der Waals surface area contributed by atoms with E-state index in [-0.39, 0.29) is 55.0 Å². The zero-order valence-corrected chi connectivity index (χ0v) is 33.5. The fraction of sp³-hybridized carbons (Fsp3) is 0.333. The number of alkyl halides is 2. The maximum Gasteiger partial charge on any atom is 0.333 e. The lowest BCUT2D eigenvalue weighted by molar-refractivity contribution is -0.148. The molecule has 58 heavy (non-hydrogen) atoms. The Balaban J connectivity index is 1.35. The van der Waals surface area contributed by atoms with Crippen molar-refractivity contribution in [3.8, 4) is 22.4 Å². The molecule has 1 aliphatic carbocycles. The number of aromatic nitrogens is 3. The molecule has 300 valence electrons. The molecule has 0 bridgehead atoms. The molecule has 13 heteroatoms. The molecule has 5 aromatic rings. The molecule has 2 atom stereocenters. The van der Waals surface area contributed by atoms with Crippen LogP contribution in [0.15, 0.2) is 115 Å². The summed E-state index contributed by atoms with van der Waals surface area (Å²) in [4.78, 5) is 53.3. The first-order valence-electron chi connectivity index (χ1n) is 19.2. The van der Waals surface area contributed by atoms with Crippen LogP contribution in [0.4, 0.5) is 8.78 Å². The largest absolute Gasteiger partial charge is 0.463 e. The van der Waals surface area contributed by atoms with Gasteiger partial charge in [-0.15, -0.1) is 0 Å². The summed E-state index contributed by atoms with van der Waals surface area (Å²) in [5.41, 5.74) is 2.03. The van der Waals surface area contributed by atoms with E-state index in [4.69, 9.17) is 21.3 Å². The van der Waals surface area contributed by atoms with Gasteiger partial charge in [0.2, 0.25) is 5.96 Å². The quantitative estimate of drug-likeness (QED) is 0.0878. The van der Waals surface area contributed by atoms with Gasteiger partial charge in [0.25, 0.3) is 5.91 Å². The zero-order valence-electron chi connectivity index (χ0n) is 32.8. The highest BCUT2D eigenvalue weighted by Gasteiger charge is 2.55. The average Bonchev–Trinajstić information content (AvgIpc) is 3.59. The lowest BCUT2D eigenvalue weighted by atomic mass is 9.75. The van der Waals surface area contributed by atoms with Crippen LogP contribution < -0.4 is 5.32 Å². The number of halogens is 3. The molecular weight excluding hydrogens is 762 g/mol.